The Hall–Kier alpha value is -0.670. The van der Waals surface area contributed by atoms with Crippen LogP contribution in [0.3, 0.4) is 0 Å². The Kier molecular flexibility index (Phi) is 4.23. The van der Waals surface area contributed by atoms with Crippen LogP contribution in [0.2, 0.25) is 0 Å². The summed E-state index contributed by atoms with van der Waals surface area (Å²) in [5.74, 6) is 0. The summed E-state index contributed by atoms with van der Waals surface area (Å²) in [6, 6.07) is 10.2. The fraction of sp³-hybridized carbons (Fsp3) is 0.600. The number of hydrogen-bond donors (Lipinski definition) is 1. The summed E-state index contributed by atoms with van der Waals surface area (Å²) in [6.07, 6.45) is 3.35. The first kappa shape index (κ1) is 13.8. The zero-order valence-electron chi connectivity index (χ0n) is 11.5. The van der Waals surface area contributed by atoms with Crippen LogP contribution in [-0.2, 0) is 10.8 Å². The lowest BCUT2D eigenvalue weighted by atomic mass is 9.75. The van der Waals surface area contributed by atoms with E-state index < -0.39 is 10.8 Å². The minimum atomic E-state index is -0.909. The summed E-state index contributed by atoms with van der Waals surface area (Å²) in [7, 11) is 1.08. The van der Waals surface area contributed by atoms with Gasteiger partial charge >= 0.3 is 0 Å². The Morgan fingerprint density at radius 3 is 2.56 bits per heavy atom. The third kappa shape index (κ3) is 3.01. The Balaban J connectivity index is 2.21. The van der Waals surface area contributed by atoms with Crippen molar-refractivity contribution in [3.05, 3.63) is 30.3 Å². The average Bonchev–Trinajstić information content (AvgIpc) is 2.38. The van der Waals surface area contributed by atoms with E-state index in [0.717, 1.165) is 17.7 Å². The van der Waals surface area contributed by atoms with Crippen LogP contribution in [-0.4, -0.2) is 22.5 Å². The zero-order chi connectivity index (χ0) is 13.2. The maximum Gasteiger partial charge on any atom is 0.0576 e. The van der Waals surface area contributed by atoms with Gasteiger partial charge in [0.05, 0.1) is 16.0 Å². The van der Waals surface area contributed by atoms with Gasteiger partial charge in [0.25, 0.3) is 0 Å². The first-order chi connectivity index (χ1) is 8.53. The van der Waals surface area contributed by atoms with Gasteiger partial charge in [-0.25, -0.2) is 0 Å². The van der Waals surface area contributed by atoms with Gasteiger partial charge in [-0.2, -0.15) is 0 Å². The molecule has 2 rings (SSSR count). The molecule has 0 radical (unpaired) electrons. The minimum absolute atomic E-state index is 0.223. The Bertz CT molecular complexity index is 416. The van der Waals surface area contributed by atoms with Crippen LogP contribution in [0.4, 0.5) is 0 Å². The Labute approximate surface area is 113 Å². The quantitative estimate of drug-likeness (QED) is 0.910. The molecule has 3 unspecified atom stereocenters. The van der Waals surface area contributed by atoms with E-state index in [4.69, 9.17) is 0 Å². The van der Waals surface area contributed by atoms with Gasteiger partial charge in [-0.1, -0.05) is 32.0 Å². The maximum absolute atomic E-state index is 12.7. The molecule has 1 aliphatic carbocycles. The molecule has 2 nitrogen and oxygen atoms in total. The highest BCUT2D eigenvalue weighted by Crippen LogP contribution is 2.38. The van der Waals surface area contributed by atoms with E-state index in [-0.39, 0.29) is 5.25 Å². The summed E-state index contributed by atoms with van der Waals surface area (Å²) in [4.78, 5) is 0.959. The summed E-state index contributed by atoms with van der Waals surface area (Å²) in [5, 5.41) is 3.57. The van der Waals surface area contributed by atoms with Crippen LogP contribution in [0.15, 0.2) is 35.2 Å². The molecule has 0 spiro atoms. The average molecular weight is 265 g/mol. The SMILES string of the molecule is CNC1CCC(C)(C)CC1S(=O)c1ccccc1. The highest BCUT2D eigenvalue weighted by molar-refractivity contribution is 7.85. The van der Waals surface area contributed by atoms with Gasteiger partial charge in [-0.15, -0.1) is 0 Å². The van der Waals surface area contributed by atoms with Crippen molar-refractivity contribution in [2.45, 2.75) is 49.3 Å². The summed E-state index contributed by atoms with van der Waals surface area (Å²) < 4.78 is 12.7. The highest BCUT2D eigenvalue weighted by atomic mass is 32.2. The molecule has 3 heteroatoms. The predicted molar refractivity (Wildman–Crippen MR) is 77.1 cm³/mol. The second kappa shape index (κ2) is 5.54. The van der Waals surface area contributed by atoms with Crippen molar-refractivity contribution in [2.75, 3.05) is 7.05 Å². The summed E-state index contributed by atoms with van der Waals surface area (Å²) in [5.41, 5.74) is 0.308. The molecule has 0 saturated heterocycles. The van der Waals surface area contributed by atoms with Gasteiger partial charge in [0.15, 0.2) is 0 Å². The molecule has 1 fully saturated rings. The third-order valence-electron chi connectivity index (χ3n) is 3.96. The number of benzene rings is 1. The maximum atomic E-state index is 12.7. The number of rotatable bonds is 3. The first-order valence-electron chi connectivity index (χ1n) is 6.66. The molecule has 0 bridgehead atoms. The highest BCUT2D eigenvalue weighted by Gasteiger charge is 2.37. The van der Waals surface area contributed by atoms with Crippen molar-refractivity contribution in [3.63, 3.8) is 0 Å². The lowest BCUT2D eigenvalue weighted by Gasteiger charge is -2.40. The molecule has 3 atom stereocenters. The van der Waals surface area contributed by atoms with Crippen molar-refractivity contribution < 1.29 is 4.21 Å². The molecule has 0 aliphatic heterocycles. The van der Waals surface area contributed by atoms with Crippen LogP contribution in [0.1, 0.15) is 33.1 Å². The normalized spacial score (nSPS) is 28.8. The van der Waals surface area contributed by atoms with Crippen LogP contribution in [0, 0.1) is 5.41 Å². The second-order valence-electron chi connectivity index (χ2n) is 5.95. The fourth-order valence-electron chi connectivity index (χ4n) is 2.81. The van der Waals surface area contributed by atoms with Gasteiger partial charge in [0.2, 0.25) is 0 Å². The molecule has 1 saturated carbocycles. The lowest BCUT2D eigenvalue weighted by Crippen LogP contribution is -2.47. The molecule has 1 aliphatic rings. The number of hydrogen-bond acceptors (Lipinski definition) is 2. The topological polar surface area (TPSA) is 29.1 Å². The lowest BCUT2D eigenvalue weighted by molar-refractivity contribution is 0.216. The van der Waals surface area contributed by atoms with E-state index in [0.29, 0.717) is 11.5 Å². The van der Waals surface area contributed by atoms with E-state index in [1.54, 1.807) is 0 Å². The van der Waals surface area contributed by atoms with Crippen LogP contribution in [0.5, 0.6) is 0 Å². The molecule has 18 heavy (non-hydrogen) atoms. The first-order valence-corrected chi connectivity index (χ1v) is 7.88. The molecule has 1 aromatic carbocycles. The zero-order valence-corrected chi connectivity index (χ0v) is 12.3. The molecular formula is C15H23NOS. The minimum Gasteiger partial charge on any atom is -0.316 e. The van der Waals surface area contributed by atoms with E-state index >= 15 is 0 Å². The molecule has 0 aromatic heterocycles. The molecule has 0 amide bonds. The molecular weight excluding hydrogens is 242 g/mol. The van der Waals surface area contributed by atoms with Gasteiger partial charge in [0.1, 0.15) is 0 Å². The fourth-order valence-corrected chi connectivity index (χ4v) is 4.75. The molecule has 0 heterocycles. The van der Waals surface area contributed by atoms with Crippen molar-refractivity contribution in [1.82, 2.24) is 5.32 Å². The molecule has 1 aromatic rings. The van der Waals surface area contributed by atoms with E-state index in [2.05, 4.69) is 19.2 Å². The Morgan fingerprint density at radius 2 is 1.94 bits per heavy atom. The standard InChI is InChI=1S/C15H23NOS/c1-15(2)10-9-13(16-3)14(11-15)18(17)12-7-5-4-6-8-12/h4-8,13-14,16H,9-11H2,1-3H3. The predicted octanol–water partition coefficient (Wildman–Crippen LogP) is 2.96. The smallest absolute Gasteiger partial charge is 0.0576 e. The van der Waals surface area contributed by atoms with Crippen LogP contribution >= 0.6 is 0 Å². The monoisotopic (exact) mass is 265 g/mol. The Morgan fingerprint density at radius 1 is 1.28 bits per heavy atom. The van der Waals surface area contributed by atoms with Crippen LogP contribution < -0.4 is 5.32 Å². The summed E-state index contributed by atoms with van der Waals surface area (Å²) in [6.45, 7) is 4.57. The summed E-state index contributed by atoms with van der Waals surface area (Å²) >= 11 is 0. The molecule has 100 valence electrons. The van der Waals surface area contributed by atoms with E-state index in [9.17, 15) is 4.21 Å². The van der Waals surface area contributed by atoms with Gasteiger partial charge < -0.3 is 5.32 Å². The molecule has 1 N–H and O–H groups in total. The van der Waals surface area contributed by atoms with Gasteiger partial charge in [-0.05, 0) is 43.9 Å². The largest absolute Gasteiger partial charge is 0.316 e. The van der Waals surface area contributed by atoms with Gasteiger partial charge in [-0.3, -0.25) is 4.21 Å². The third-order valence-corrected chi connectivity index (χ3v) is 5.74. The van der Waals surface area contributed by atoms with E-state index in [1.807, 2.05) is 37.4 Å². The van der Waals surface area contributed by atoms with Gasteiger partial charge in [0, 0.05) is 10.9 Å². The second-order valence-corrected chi connectivity index (χ2v) is 7.62. The van der Waals surface area contributed by atoms with Crippen molar-refractivity contribution >= 4 is 10.8 Å². The van der Waals surface area contributed by atoms with Crippen molar-refractivity contribution in [1.29, 1.82) is 0 Å². The number of nitrogens with one attached hydrogen (secondary N) is 1. The van der Waals surface area contributed by atoms with Crippen molar-refractivity contribution in [3.8, 4) is 0 Å². The van der Waals surface area contributed by atoms with Crippen LogP contribution in [0.25, 0.3) is 0 Å². The van der Waals surface area contributed by atoms with Crippen molar-refractivity contribution in [2.24, 2.45) is 5.41 Å². The van der Waals surface area contributed by atoms with E-state index in [1.165, 1.54) is 6.42 Å².